The third-order valence-corrected chi connectivity index (χ3v) is 6.16. The van der Waals surface area contributed by atoms with E-state index in [-0.39, 0.29) is 11.7 Å². The molecule has 4 aromatic rings. The zero-order valence-electron chi connectivity index (χ0n) is 18.7. The molecule has 2 heterocycles. The standard InChI is InChI=1S/C24H26N6OS/c1-5-29-23(19-11-9-10-16(2)14-19)26-27-24(29)32-15-21(31)25-22-17(3)28-30(18(22)4)20-12-7-6-8-13-20/h6-14H,5,15H2,1-4H3,(H,25,31). The maximum atomic E-state index is 12.7. The van der Waals surface area contributed by atoms with Gasteiger partial charge in [-0.2, -0.15) is 5.10 Å². The summed E-state index contributed by atoms with van der Waals surface area (Å²) in [6.45, 7) is 8.69. The van der Waals surface area contributed by atoms with Crippen molar-refractivity contribution in [2.45, 2.75) is 39.4 Å². The number of aryl methyl sites for hydroxylation is 2. The molecule has 2 aromatic carbocycles. The summed E-state index contributed by atoms with van der Waals surface area (Å²) in [6.07, 6.45) is 0. The summed E-state index contributed by atoms with van der Waals surface area (Å²) in [6, 6.07) is 18.1. The summed E-state index contributed by atoms with van der Waals surface area (Å²) >= 11 is 1.38. The molecule has 8 heteroatoms. The molecule has 7 nitrogen and oxygen atoms in total. The van der Waals surface area contributed by atoms with E-state index in [4.69, 9.17) is 0 Å². The Bertz CT molecular complexity index is 1240. The molecule has 0 saturated carbocycles. The highest BCUT2D eigenvalue weighted by molar-refractivity contribution is 7.99. The summed E-state index contributed by atoms with van der Waals surface area (Å²) in [5, 5.41) is 17.0. The van der Waals surface area contributed by atoms with Crippen molar-refractivity contribution >= 4 is 23.4 Å². The number of hydrogen-bond acceptors (Lipinski definition) is 5. The number of rotatable bonds is 7. The Kier molecular flexibility index (Phi) is 6.41. The Labute approximate surface area is 191 Å². The first-order valence-electron chi connectivity index (χ1n) is 10.5. The molecule has 0 aliphatic rings. The lowest BCUT2D eigenvalue weighted by atomic mass is 10.1. The van der Waals surface area contributed by atoms with Gasteiger partial charge in [-0.1, -0.05) is 53.7 Å². The number of amides is 1. The van der Waals surface area contributed by atoms with Crippen molar-refractivity contribution in [2.75, 3.05) is 11.1 Å². The van der Waals surface area contributed by atoms with Crippen LogP contribution in [0.25, 0.3) is 17.1 Å². The van der Waals surface area contributed by atoms with Crippen LogP contribution in [0.2, 0.25) is 0 Å². The number of aromatic nitrogens is 5. The minimum absolute atomic E-state index is 0.100. The van der Waals surface area contributed by atoms with Gasteiger partial charge in [-0.25, -0.2) is 4.68 Å². The van der Waals surface area contributed by atoms with Crippen LogP contribution in [0.5, 0.6) is 0 Å². The maximum Gasteiger partial charge on any atom is 0.234 e. The van der Waals surface area contributed by atoms with Gasteiger partial charge < -0.3 is 9.88 Å². The largest absolute Gasteiger partial charge is 0.322 e. The molecule has 2 aromatic heterocycles. The molecule has 0 unspecified atom stereocenters. The van der Waals surface area contributed by atoms with Gasteiger partial charge in [0.15, 0.2) is 11.0 Å². The van der Waals surface area contributed by atoms with Crippen molar-refractivity contribution in [3.63, 3.8) is 0 Å². The van der Waals surface area contributed by atoms with Gasteiger partial charge in [-0.05, 0) is 45.9 Å². The first-order chi connectivity index (χ1) is 15.5. The molecule has 164 valence electrons. The van der Waals surface area contributed by atoms with Gasteiger partial charge >= 0.3 is 0 Å². The van der Waals surface area contributed by atoms with Crippen molar-refractivity contribution in [3.05, 3.63) is 71.5 Å². The Balaban J connectivity index is 1.47. The molecule has 0 atom stereocenters. The molecule has 4 rings (SSSR count). The second-order valence-electron chi connectivity index (χ2n) is 7.55. The van der Waals surface area contributed by atoms with Gasteiger partial charge in [0.25, 0.3) is 0 Å². The van der Waals surface area contributed by atoms with Gasteiger partial charge in [0.1, 0.15) is 0 Å². The number of anilines is 1. The highest BCUT2D eigenvalue weighted by Crippen LogP contribution is 2.26. The van der Waals surface area contributed by atoms with Crippen LogP contribution in [0.4, 0.5) is 5.69 Å². The highest BCUT2D eigenvalue weighted by atomic mass is 32.2. The van der Waals surface area contributed by atoms with Gasteiger partial charge in [-0.15, -0.1) is 10.2 Å². The predicted octanol–water partition coefficient (Wildman–Crippen LogP) is 4.81. The topological polar surface area (TPSA) is 77.6 Å². The average molecular weight is 447 g/mol. The maximum absolute atomic E-state index is 12.7. The van der Waals surface area contributed by atoms with Crippen LogP contribution in [0.15, 0.2) is 59.8 Å². The SMILES string of the molecule is CCn1c(SCC(=O)Nc2c(C)nn(-c3ccccc3)c2C)nnc1-c1cccc(C)c1. The van der Waals surface area contributed by atoms with E-state index >= 15 is 0 Å². The van der Waals surface area contributed by atoms with E-state index in [1.807, 2.05) is 65.6 Å². The Morgan fingerprint density at radius 2 is 1.81 bits per heavy atom. The molecule has 0 saturated heterocycles. The van der Waals surface area contributed by atoms with Crippen molar-refractivity contribution < 1.29 is 4.79 Å². The van der Waals surface area contributed by atoms with E-state index in [1.54, 1.807) is 0 Å². The fourth-order valence-electron chi connectivity index (χ4n) is 3.63. The quantitative estimate of drug-likeness (QED) is 0.412. The van der Waals surface area contributed by atoms with Crippen molar-refractivity contribution in [2.24, 2.45) is 0 Å². The second kappa shape index (κ2) is 9.40. The second-order valence-corrected chi connectivity index (χ2v) is 8.49. The number of para-hydroxylation sites is 1. The Morgan fingerprint density at radius 3 is 2.53 bits per heavy atom. The minimum Gasteiger partial charge on any atom is -0.322 e. The van der Waals surface area contributed by atoms with E-state index in [2.05, 4.69) is 46.6 Å². The molecule has 1 N–H and O–H groups in total. The molecule has 0 radical (unpaired) electrons. The third-order valence-electron chi connectivity index (χ3n) is 5.20. The molecule has 1 amide bonds. The Morgan fingerprint density at radius 1 is 1.03 bits per heavy atom. The molecule has 0 aliphatic heterocycles. The first kappa shape index (κ1) is 21.8. The van der Waals surface area contributed by atoms with Crippen molar-refractivity contribution in [1.82, 2.24) is 24.5 Å². The van der Waals surface area contributed by atoms with E-state index in [0.717, 1.165) is 45.9 Å². The lowest BCUT2D eigenvalue weighted by molar-refractivity contribution is -0.113. The van der Waals surface area contributed by atoms with Crippen molar-refractivity contribution in [1.29, 1.82) is 0 Å². The minimum atomic E-state index is -0.100. The number of carbonyl (C=O) groups is 1. The summed E-state index contributed by atoms with van der Waals surface area (Å²) < 4.78 is 3.89. The van der Waals surface area contributed by atoms with E-state index in [1.165, 1.54) is 17.3 Å². The normalized spacial score (nSPS) is 11.0. The number of hydrogen-bond donors (Lipinski definition) is 1. The fraction of sp³-hybridized carbons (Fsp3) is 0.250. The number of nitrogens with zero attached hydrogens (tertiary/aromatic N) is 5. The summed E-state index contributed by atoms with van der Waals surface area (Å²) in [4.78, 5) is 12.7. The van der Waals surface area contributed by atoms with E-state index in [0.29, 0.717) is 0 Å². The monoisotopic (exact) mass is 446 g/mol. The number of thioether (sulfide) groups is 1. The van der Waals surface area contributed by atoms with Gasteiger partial charge in [-0.3, -0.25) is 4.79 Å². The number of benzene rings is 2. The van der Waals surface area contributed by atoms with Crippen LogP contribution < -0.4 is 5.32 Å². The molecule has 0 fully saturated rings. The van der Waals surface area contributed by atoms with Crippen LogP contribution in [-0.2, 0) is 11.3 Å². The van der Waals surface area contributed by atoms with Crippen LogP contribution in [0.1, 0.15) is 23.9 Å². The fourth-order valence-corrected chi connectivity index (χ4v) is 4.43. The zero-order chi connectivity index (χ0) is 22.7. The lowest BCUT2D eigenvalue weighted by Gasteiger charge is -2.09. The summed E-state index contributed by atoms with van der Waals surface area (Å²) in [5.74, 6) is 0.952. The van der Waals surface area contributed by atoms with Crippen LogP contribution >= 0.6 is 11.8 Å². The molecule has 32 heavy (non-hydrogen) atoms. The Hall–Kier alpha value is -3.39. The average Bonchev–Trinajstić information content (AvgIpc) is 3.34. The molecule has 0 spiro atoms. The molecule has 0 bridgehead atoms. The van der Waals surface area contributed by atoms with Gasteiger partial charge in [0, 0.05) is 12.1 Å². The van der Waals surface area contributed by atoms with Gasteiger partial charge in [0.05, 0.1) is 28.5 Å². The summed E-state index contributed by atoms with van der Waals surface area (Å²) in [7, 11) is 0. The smallest absolute Gasteiger partial charge is 0.234 e. The third kappa shape index (κ3) is 4.45. The predicted molar refractivity (Wildman–Crippen MR) is 128 cm³/mol. The van der Waals surface area contributed by atoms with Crippen LogP contribution in [0.3, 0.4) is 0 Å². The summed E-state index contributed by atoms with van der Waals surface area (Å²) in [5.41, 5.74) is 5.58. The lowest BCUT2D eigenvalue weighted by Crippen LogP contribution is -2.16. The first-order valence-corrected chi connectivity index (χ1v) is 11.5. The van der Waals surface area contributed by atoms with Gasteiger partial charge in [0.2, 0.25) is 5.91 Å². The van der Waals surface area contributed by atoms with Crippen LogP contribution in [0, 0.1) is 20.8 Å². The van der Waals surface area contributed by atoms with Crippen LogP contribution in [-0.4, -0.2) is 36.2 Å². The zero-order valence-corrected chi connectivity index (χ0v) is 19.5. The van der Waals surface area contributed by atoms with E-state index in [9.17, 15) is 4.79 Å². The molecule has 0 aliphatic carbocycles. The number of nitrogens with one attached hydrogen (secondary N) is 1. The highest BCUT2D eigenvalue weighted by Gasteiger charge is 2.18. The van der Waals surface area contributed by atoms with E-state index < -0.39 is 0 Å². The molecular weight excluding hydrogens is 420 g/mol. The molecular formula is C24H26N6OS. The number of carbonyl (C=O) groups excluding carboxylic acids is 1. The van der Waals surface area contributed by atoms with Crippen molar-refractivity contribution in [3.8, 4) is 17.1 Å².